The fourth-order valence-electron chi connectivity index (χ4n) is 3.17. The van der Waals surface area contributed by atoms with Crippen LogP contribution in [0, 0.1) is 0 Å². The average Bonchev–Trinajstić information content (AvgIpc) is 2.99. The average molecular weight is 322 g/mol. The summed E-state index contributed by atoms with van der Waals surface area (Å²) < 4.78 is 35.0. The van der Waals surface area contributed by atoms with E-state index >= 15 is 0 Å². The van der Waals surface area contributed by atoms with Gasteiger partial charge >= 0.3 is 0 Å². The van der Waals surface area contributed by atoms with E-state index in [1.807, 2.05) is 18.2 Å². The highest BCUT2D eigenvalue weighted by atomic mass is 32.2. The van der Waals surface area contributed by atoms with Crippen molar-refractivity contribution >= 4 is 15.4 Å². The van der Waals surface area contributed by atoms with Gasteiger partial charge in [0.25, 0.3) is 0 Å². The van der Waals surface area contributed by atoms with Crippen molar-refractivity contribution < 1.29 is 17.9 Å². The molecule has 1 aliphatic heterocycles. The fraction of sp³-hybridized carbons (Fsp3) is 0.529. The van der Waals surface area contributed by atoms with Gasteiger partial charge in [-0.1, -0.05) is 6.07 Å². The van der Waals surface area contributed by atoms with Gasteiger partial charge in [-0.05, 0) is 61.8 Å². The topological polar surface area (TPSA) is 52.6 Å². The highest BCUT2D eigenvalue weighted by molar-refractivity contribution is 7.94. The quantitative estimate of drug-likeness (QED) is 0.850. The molecule has 1 aromatic rings. The van der Waals surface area contributed by atoms with Crippen LogP contribution in [-0.2, 0) is 9.84 Å². The van der Waals surface area contributed by atoms with Gasteiger partial charge in [-0.25, -0.2) is 8.42 Å². The molecular formula is C17H22O4S. The molecule has 0 N–H and O–H groups in total. The number of hydrogen-bond donors (Lipinski definition) is 0. The van der Waals surface area contributed by atoms with Crippen LogP contribution >= 0.6 is 0 Å². The molecule has 0 aromatic heterocycles. The molecule has 1 heterocycles. The summed E-state index contributed by atoms with van der Waals surface area (Å²) in [4.78, 5) is 0. The van der Waals surface area contributed by atoms with Crippen LogP contribution in [0.5, 0.6) is 11.5 Å². The number of ether oxygens (including phenoxy) is 2. The minimum atomic E-state index is -3.07. The van der Waals surface area contributed by atoms with Crippen molar-refractivity contribution in [2.45, 2.75) is 44.6 Å². The van der Waals surface area contributed by atoms with Crippen molar-refractivity contribution in [2.75, 3.05) is 12.9 Å². The Hall–Kier alpha value is -1.49. The fourth-order valence-corrected chi connectivity index (χ4v) is 4.52. The molecule has 4 nitrogen and oxygen atoms in total. The van der Waals surface area contributed by atoms with Crippen LogP contribution in [0.3, 0.4) is 0 Å². The number of rotatable bonds is 4. The summed E-state index contributed by atoms with van der Waals surface area (Å²) in [5, 5.41) is 1.41. The standard InChI is InChI=1S/C17H22O4S/c1-20-16-9-8-13(14-5-4-10-22(18,19)12-14)11-17(16)21-15-6-2-3-7-15/h8-9,11-12,15H,2-7,10H2,1H3. The van der Waals surface area contributed by atoms with Crippen molar-refractivity contribution in [1.29, 1.82) is 0 Å². The second-order valence-corrected chi connectivity index (χ2v) is 7.97. The maximum atomic E-state index is 11.8. The molecule has 0 saturated heterocycles. The molecule has 1 saturated carbocycles. The normalized spacial score (nSPS) is 21.4. The number of hydrogen-bond acceptors (Lipinski definition) is 4. The van der Waals surface area contributed by atoms with E-state index in [1.54, 1.807) is 7.11 Å². The lowest BCUT2D eigenvalue weighted by Gasteiger charge is -2.19. The molecule has 0 spiro atoms. The third-order valence-corrected chi connectivity index (χ3v) is 5.83. The third-order valence-electron chi connectivity index (χ3n) is 4.33. The Morgan fingerprint density at radius 2 is 1.86 bits per heavy atom. The smallest absolute Gasteiger partial charge is 0.171 e. The van der Waals surface area contributed by atoms with Crippen molar-refractivity contribution in [2.24, 2.45) is 0 Å². The predicted octanol–water partition coefficient (Wildman–Crippen LogP) is 3.57. The zero-order valence-electron chi connectivity index (χ0n) is 12.9. The van der Waals surface area contributed by atoms with Crippen molar-refractivity contribution in [3.8, 4) is 11.5 Å². The lowest BCUT2D eigenvalue weighted by Crippen LogP contribution is -2.12. The third kappa shape index (κ3) is 3.46. The van der Waals surface area contributed by atoms with Crippen LogP contribution in [0.2, 0.25) is 0 Å². The Morgan fingerprint density at radius 1 is 1.09 bits per heavy atom. The first kappa shape index (κ1) is 15.4. The molecule has 2 aliphatic rings. The lowest BCUT2D eigenvalue weighted by molar-refractivity contribution is 0.200. The second-order valence-electron chi connectivity index (χ2n) is 6.00. The Morgan fingerprint density at radius 3 is 2.55 bits per heavy atom. The Kier molecular flexibility index (Phi) is 4.43. The minimum absolute atomic E-state index is 0.244. The zero-order valence-corrected chi connectivity index (χ0v) is 13.7. The van der Waals surface area contributed by atoms with Gasteiger partial charge in [-0.2, -0.15) is 0 Å². The van der Waals surface area contributed by atoms with E-state index in [4.69, 9.17) is 9.47 Å². The predicted molar refractivity (Wildman–Crippen MR) is 86.9 cm³/mol. The van der Waals surface area contributed by atoms with Gasteiger partial charge < -0.3 is 9.47 Å². The highest BCUT2D eigenvalue weighted by Gasteiger charge is 2.21. The van der Waals surface area contributed by atoms with Crippen molar-refractivity contribution in [3.05, 3.63) is 29.2 Å². The van der Waals surface area contributed by atoms with Gasteiger partial charge in [0, 0.05) is 5.41 Å². The van der Waals surface area contributed by atoms with E-state index in [0.29, 0.717) is 12.2 Å². The second kappa shape index (κ2) is 6.32. The van der Waals surface area contributed by atoms with Crippen LogP contribution in [0.15, 0.2) is 23.6 Å². The Labute approximate surface area is 132 Å². The number of sulfone groups is 1. The van der Waals surface area contributed by atoms with Gasteiger partial charge in [0.1, 0.15) is 0 Å². The molecule has 1 aliphatic carbocycles. The first-order valence-electron chi connectivity index (χ1n) is 7.86. The van der Waals surface area contributed by atoms with Crippen LogP contribution in [0.4, 0.5) is 0 Å². The van der Waals surface area contributed by atoms with Crippen molar-refractivity contribution in [3.63, 3.8) is 0 Å². The molecule has 22 heavy (non-hydrogen) atoms. The van der Waals surface area contributed by atoms with E-state index in [0.717, 1.165) is 36.1 Å². The summed E-state index contributed by atoms with van der Waals surface area (Å²) >= 11 is 0. The molecule has 0 amide bonds. The van der Waals surface area contributed by atoms with Gasteiger partial charge in [0.15, 0.2) is 21.3 Å². The van der Waals surface area contributed by atoms with Gasteiger partial charge in [0.2, 0.25) is 0 Å². The molecule has 5 heteroatoms. The Bertz CT molecular complexity index is 670. The largest absolute Gasteiger partial charge is 0.493 e. The van der Waals surface area contributed by atoms with Crippen LogP contribution in [-0.4, -0.2) is 27.4 Å². The molecule has 0 atom stereocenters. The maximum absolute atomic E-state index is 11.8. The molecule has 120 valence electrons. The van der Waals surface area contributed by atoms with Crippen LogP contribution in [0.1, 0.15) is 44.1 Å². The van der Waals surface area contributed by atoms with Gasteiger partial charge in [-0.3, -0.25) is 0 Å². The van der Waals surface area contributed by atoms with Gasteiger partial charge in [-0.15, -0.1) is 0 Å². The lowest BCUT2D eigenvalue weighted by atomic mass is 10.0. The van der Waals surface area contributed by atoms with Gasteiger partial charge in [0.05, 0.1) is 19.0 Å². The minimum Gasteiger partial charge on any atom is -0.493 e. The molecular weight excluding hydrogens is 300 g/mol. The number of benzene rings is 1. The van der Waals surface area contributed by atoms with E-state index in [2.05, 4.69) is 0 Å². The Balaban J connectivity index is 1.91. The number of methoxy groups -OCH3 is 1. The first-order chi connectivity index (χ1) is 10.6. The summed E-state index contributed by atoms with van der Waals surface area (Å²) in [5.41, 5.74) is 1.78. The molecule has 1 aromatic carbocycles. The molecule has 0 bridgehead atoms. The monoisotopic (exact) mass is 322 g/mol. The summed E-state index contributed by atoms with van der Waals surface area (Å²) in [6.45, 7) is 0. The summed E-state index contributed by atoms with van der Waals surface area (Å²) in [7, 11) is -1.44. The first-order valence-corrected chi connectivity index (χ1v) is 9.57. The van der Waals surface area contributed by atoms with E-state index in [1.165, 1.54) is 18.2 Å². The van der Waals surface area contributed by atoms with Crippen molar-refractivity contribution in [1.82, 2.24) is 0 Å². The maximum Gasteiger partial charge on any atom is 0.171 e. The van der Waals surface area contributed by atoms with Crippen LogP contribution < -0.4 is 9.47 Å². The molecule has 1 fully saturated rings. The molecule has 0 unspecified atom stereocenters. The SMILES string of the molecule is COc1ccc(C2=CS(=O)(=O)CCC2)cc1OC1CCCC1. The van der Waals surface area contributed by atoms with E-state index < -0.39 is 9.84 Å². The summed E-state index contributed by atoms with van der Waals surface area (Å²) in [6.07, 6.45) is 6.27. The summed E-state index contributed by atoms with van der Waals surface area (Å²) in [6, 6.07) is 5.69. The summed E-state index contributed by atoms with van der Waals surface area (Å²) in [5.74, 6) is 1.67. The zero-order chi connectivity index (χ0) is 15.6. The van der Waals surface area contributed by atoms with Crippen LogP contribution in [0.25, 0.3) is 5.57 Å². The van der Waals surface area contributed by atoms with E-state index in [-0.39, 0.29) is 11.9 Å². The van der Waals surface area contributed by atoms with E-state index in [9.17, 15) is 8.42 Å². The highest BCUT2D eigenvalue weighted by Crippen LogP contribution is 2.36. The molecule has 3 rings (SSSR count). The molecule has 0 radical (unpaired) electrons. The number of allylic oxidation sites excluding steroid dienone is 1.